The highest BCUT2D eigenvalue weighted by Crippen LogP contribution is 2.39. The third-order valence-corrected chi connectivity index (χ3v) is 5.10. The highest BCUT2D eigenvalue weighted by molar-refractivity contribution is 8.01. The fraction of sp³-hybridized carbons (Fsp3) is 0.385. The first-order valence-electron chi connectivity index (χ1n) is 6.26. The van der Waals surface area contributed by atoms with E-state index in [1.807, 2.05) is 12.1 Å². The molecule has 2 atom stereocenters. The Balaban J connectivity index is 1.85. The summed E-state index contributed by atoms with van der Waals surface area (Å²) in [5.74, 6) is 0.988. The quantitative estimate of drug-likeness (QED) is 0.939. The van der Waals surface area contributed by atoms with E-state index in [1.165, 1.54) is 5.56 Å². The van der Waals surface area contributed by atoms with E-state index >= 15 is 0 Å². The Morgan fingerprint density at radius 2 is 2.37 bits per heavy atom. The standard InChI is InChI=1S/C13H15N3OS2/c1-2-14-12-9-5-3-4-6-10(9)17-7-11(12)19-13-16-15-8-18-13/h3-6,8,11-12,14H,2,7H2,1H3. The van der Waals surface area contributed by atoms with Crippen molar-refractivity contribution in [2.45, 2.75) is 22.6 Å². The average molecular weight is 293 g/mol. The molecule has 0 saturated carbocycles. The molecule has 0 spiro atoms. The molecule has 2 aromatic rings. The minimum Gasteiger partial charge on any atom is -0.492 e. The molecule has 19 heavy (non-hydrogen) atoms. The second-order valence-electron chi connectivity index (χ2n) is 4.25. The lowest BCUT2D eigenvalue weighted by Gasteiger charge is -2.33. The van der Waals surface area contributed by atoms with E-state index in [2.05, 4.69) is 34.6 Å². The first-order valence-corrected chi connectivity index (χ1v) is 8.02. The Kier molecular flexibility index (Phi) is 4.00. The summed E-state index contributed by atoms with van der Waals surface area (Å²) in [6.45, 7) is 3.76. The van der Waals surface area contributed by atoms with Gasteiger partial charge >= 0.3 is 0 Å². The number of nitrogens with one attached hydrogen (secondary N) is 1. The molecule has 0 fully saturated rings. The second-order valence-corrected chi connectivity index (χ2v) is 6.56. The minimum atomic E-state index is 0.295. The number of hydrogen-bond donors (Lipinski definition) is 1. The normalized spacial score (nSPS) is 21.7. The Morgan fingerprint density at radius 1 is 1.47 bits per heavy atom. The monoisotopic (exact) mass is 293 g/mol. The predicted molar refractivity (Wildman–Crippen MR) is 77.9 cm³/mol. The van der Waals surface area contributed by atoms with Crippen LogP contribution >= 0.6 is 23.1 Å². The molecule has 2 heterocycles. The van der Waals surface area contributed by atoms with Gasteiger partial charge in [0.1, 0.15) is 17.9 Å². The van der Waals surface area contributed by atoms with Gasteiger partial charge in [-0.05, 0) is 12.6 Å². The zero-order valence-electron chi connectivity index (χ0n) is 10.6. The van der Waals surface area contributed by atoms with Gasteiger partial charge in [-0.15, -0.1) is 10.2 Å². The van der Waals surface area contributed by atoms with E-state index in [4.69, 9.17) is 4.74 Å². The lowest BCUT2D eigenvalue weighted by molar-refractivity contribution is 0.261. The van der Waals surface area contributed by atoms with Gasteiger partial charge in [0.25, 0.3) is 0 Å². The molecule has 1 aliphatic heterocycles. The molecule has 1 aromatic carbocycles. The van der Waals surface area contributed by atoms with Crippen molar-refractivity contribution in [2.75, 3.05) is 13.2 Å². The van der Waals surface area contributed by atoms with Crippen LogP contribution in [-0.4, -0.2) is 28.6 Å². The lowest BCUT2D eigenvalue weighted by atomic mass is 10.0. The summed E-state index contributed by atoms with van der Waals surface area (Å²) >= 11 is 3.32. The number of rotatable bonds is 4. The van der Waals surface area contributed by atoms with Crippen LogP contribution in [0.25, 0.3) is 0 Å². The van der Waals surface area contributed by atoms with E-state index in [1.54, 1.807) is 28.6 Å². The van der Waals surface area contributed by atoms with Crippen LogP contribution in [0.5, 0.6) is 5.75 Å². The lowest BCUT2D eigenvalue weighted by Crippen LogP contribution is -2.37. The van der Waals surface area contributed by atoms with E-state index < -0.39 is 0 Å². The van der Waals surface area contributed by atoms with Crippen molar-refractivity contribution in [1.82, 2.24) is 15.5 Å². The Bertz CT molecular complexity index is 532. The van der Waals surface area contributed by atoms with Gasteiger partial charge in [0.15, 0.2) is 4.34 Å². The first kappa shape index (κ1) is 12.9. The fourth-order valence-electron chi connectivity index (χ4n) is 2.24. The highest BCUT2D eigenvalue weighted by Gasteiger charge is 2.31. The summed E-state index contributed by atoms with van der Waals surface area (Å²) in [7, 11) is 0. The van der Waals surface area contributed by atoms with Crippen molar-refractivity contribution in [3.05, 3.63) is 35.3 Å². The molecule has 6 heteroatoms. The first-order chi connectivity index (χ1) is 9.38. The summed E-state index contributed by atoms with van der Waals surface area (Å²) in [5.41, 5.74) is 3.00. The Labute approximate surface area is 120 Å². The van der Waals surface area contributed by atoms with Crippen molar-refractivity contribution in [2.24, 2.45) is 0 Å². The second kappa shape index (κ2) is 5.90. The summed E-state index contributed by atoms with van der Waals surface area (Å²) in [4.78, 5) is 0. The fourth-order valence-corrected chi connectivity index (χ4v) is 4.11. The SMILES string of the molecule is CCNC1c2ccccc2OCC1Sc1nncs1. The summed E-state index contributed by atoms with van der Waals surface area (Å²) in [6.07, 6.45) is 0. The third-order valence-electron chi connectivity index (χ3n) is 3.05. The Hall–Kier alpha value is -1.11. The van der Waals surface area contributed by atoms with Crippen molar-refractivity contribution >= 4 is 23.1 Å². The highest BCUT2D eigenvalue weighted by atomic mass is 32.2. The number of thioether (sulfide) groups is 1. The molecule has 0 saturated heterocycles. The number of fused-ring (bicyclic) bond motifs is 1. The molecule has 0 radical (unpaired) electrons. The number of nitrogens with zero attached hydrogens (tertiary/aromatic N) is 2. The van der Waals surface area contributed by atoms with Crippen LogP contribution < -0.4 is 10.1 Å². The molecule has 0 bridgehead atoms. The average Bonchev–Trinajstić information content (AvgIpc) is 2.94. The van der Waals surface area contributed by atoms with Crippen LogP contribution in [0, 0.1) is 0 Å². The molecule has 2 unspecified atom stereocenters. The van der Waals surface area contributed by atoms with E-state index in [9.17, 15) is 0 Å². The van der Waals surface area contributed by atoms with Crippen LogP contribution in [-0.2, 0) is 0 Å². The smallest absolute Gasteiger partial charge is 0.174 e. The van der Waals surface area contributed by atoms with Gasteiger partial charge in [-0.2, -0.15) is 0 Å². The van der Waals surface area contributed by atoms with Crippen LogP contribution in [0.1, 0.15) is 18.5 Å². The van der Waals surface area contributed by atoms with Crippen molar-refractivity contribution in [1.29, 1.82) is 0 Å². The zero-order valence-corrected chi connectivity index (χ0v) is 12.2. The maximum atomic E-state index is 5.86. The van der Waals surface area contributed by atoms with Crippen LogP contribution in [0.3, 0.4) is 0 Å². The number of para-hydroxylation sites is 1. The largest absolute Gasteiger partial charge is 0.492 e. The molecule has 1 N–H and O–H groups in total. The number of benzene rings is 1. The third kappa shape index (κ3) is 2.75. The van der Waals surface area contributed by atoms with Gasteiger partial charge in [-0.25, -0.2) is 0 Å². The Morgan fingerprint density at radius 3 is 3.16 bits per heavy atom. The van der Waals surface area contributed by atoms with E-state index in [-0.39, 0.29) is 0 Å². The number of aromatic nitrogens is 2. The van der Waals surface area contributed by atoms with Gasteiger partial charge in [0, 0.05) is 5.56 Å². The van der Waals surface area contributed by atoms with Crippen molar-refractivity contribution in [3.63, 3.8) is 0 Å². The molecular formula is C13H15N3OS2. The maximum absolute atomic E-state index is 5.86. The van der Waals surface area contributed by atoms with Gasteiger partial charge in [-0.3, -0.25) is 0 Å². The van der Waals surface area contributed by atoms with Crippen molar-refractivity contribution < 1.29 is 4.74 Å². The predicted octanol–water partition coefficient (Wildman–Crippen LogP) is 2.74. The van der Waals surface area contributed by atoms with E-state index in [0.29, 0.717) is 17.9 Å². The van der Waals surface area contributed by atoms with Gasteiger partial charge in [0.2, 0.25) is 0 Å². The minimum absolute atomic E-state index is 0.295. The number of hydrogen-bond acceptors (Lipinski definition) is 6. The van der Waals surface area contributed by atoms with E-state index in [0.717, 1.165) is 16.6 Å². The molecule has 4 nitrogen and oxygen atoms in total. The van der Waals surface area contributed by atoms with Crippen molar-refractivity contribution in [3.8, 4) is 5.75 Å². The summed E-state index contributed by atoms with van der Waals surface area (Å²) in [5, 5.41) is 11.9. The van der Waals surface area contributed by atoms with Gasteiger partial charge in [-0.1, -0.05) is 48.2 Å². The van der Waals surface area contributed by atoms with Crippen LogP contribution in [0.4, 0.5) is 0 Å². The molecule has 1 aromatic heterocycles. The van der Waals surface area contributed by atoms with Gasteiger partial charge < -0.3 is 10.1 Å². The molecular weight excluding hydrogens is 278 g/mol. The molecule has 0 amide bonds. The topological polar surface area (TPSA) is 47.0 Å². The molecule has 1 aliphatic rings. The maximum Gasteiger partial charge on any atom is 0.174 e. The van der Waals surface area contributed by atoms with Gasteiger partial charge in [0.05, 0.1) is 11.3 Å². The zero-order chi connectivity index (χ0) is 13.1. The summed E-state index contributed by atoms with van der Waals surface area (Å²) in [6, 6.07) is 8.54. The number of ether oxygens (including phenoxy) is 1. The van der Waals surface area contributed by atoms with Crippen LogP contribution in [0.2, 0.25) is 0 Å². The van der Waals surface area contributed by atoms with Crippen LogP contribution in [0.15, 0.2) is 34.1 Å². The summed E-state index contributed by atoms with van der Waals surface area (Å²) < 4.78 is 6.85. The molecule has 3 rings (SSSR count). The molecule has 0 aliphatic carbocycles. The molecule has 100 valence electrons.